The Bertz CT molecular complexity index is 806. The first-order valence-electron chi connectivity index (χ1n) is 7.79. The molecule has 0 fully saturated rings. The molecule has 0 aliphatic heterocycles. The van der Waals surface area contributed by atoms with Gasteiger partial charge in [-0.1, -0.05) is 24.3 Å². The minimum Gasteiger partial charge on any atom is -0.324 e. The molecule has 24 heavy (non-hydrogen) atoms. The Balaban J connectivity index is 1.83. The van der Waals surface area contributed by atoms with Crippen molar-refractivity contribution in [3.8, 4) is 0 Å². The zero-order valence-corrected chi connectivity index (χ0v) is 13.4. The summed E-state index contributed by atoms with van der Waals surface area (Å²) in [6, 6.07) is 18.8. The van der Waals surface area contributed by atoms with Crippen LogP contribution in [0.3, 0.4) is 0 Å². The molecule has 0 aliphatic carbocycles. The average molecular weight is 318 g/mol. The zero-order valence-electron chi connectivity index (χ0n) is 13.4. The van der Waals surface area contributed by atoms with Gasteiger partial charge in [0.2, 0.25) is 5.95 Å². The van der Waals surface area contributed by atoms with Crippen LogP contribution < -0.4 is 10.2 Å². The topological polar surface area (TPSA) is 58.1 Å². The van der Waals surface area contributed by atoms with Gasteiger partial charge in [0.1, 0.15) is 0 Å². The minimum atomic E-state index is -0.0404. The SMILES string of the molecule is CCN(C(=O)c1cccc(Nc2ncccn2)c1)c1ccccc1. The number of amides is 1. The molecule has 0 saturated heterocycles. The van der Waals surface area contributed by atoms with Crippen molar-refractivity contribution >= 4 is 23.2 Å². The molecule has 3 rings (SSSR count). The van der Waals surface area contributed by atoms with Crippen LogP contribution in [0.4, 0.5) is 17.3 Å². The number of anilines is 3. The maximum atomic E-state index is 12.8. The van der Waals surface area contributed by atoms with Gasteiger partial charge >= 0.3 is 0 Å². The Kier molecular flexibility index (Phi) is 4.81. The summed E-state index contributed by atoms with van der Waals surface area (Å²) in [4.78, 5) is 22.9. The van der Waals surface area contributed by atoms with Crippen molar-refractivity contribution in [2.75, 3.05) is 16.8 Å². The monoisotopic (exact) mass is 318 g/mol. The molecular formula is C19H18N4O. The molecule has 0 saturated carbocycles. The normalized spacial score (nSPS) is 10.2. The Morgan fingerprint density at radius 2 is 1.75 bits per heavy atom. The van der Waals surface area contributed by atoms with Crippen LogP contribution >= 0.6 is 0 Å². The van der Waals surface area contributed by atoms with E-state index >= 15 is 0 Å². The molecule has 1 amide bonds. The minimum absolute atomic E-state index is 0.0404. The van der Waals surface area contributed by atoms with Crippen molar-refractivity contribution in [2.45, 2.75) is 6.92 Å². The smallest absolute Gasteiger partial charge is 0.258 e. The molecule has 2 aromatic carbocycles. The molecule has 1 N–H and O–H groups in total. The first-order valence-corrected chi connectivity index (χ1v) is 7.79. The molecule has 0 bridgehead atoms. The van der Waals surface area contributed by atoms with Crippen LogP contribution in [0.5, 0.6) is 0 Å². The molecular weight excluding hydrogens is 300 g/mol. The standard InChI is InChI=1S/C19H18N4O/c1-2-23(17-10-4-3-5-11-17)18(24)15-8-6-9-16(14-15)22-19-20-12-7-13-21-19/h3-14H,2H2,1H3,(H,20,21,22). The highest BCUT2D eigenvalue weighted by molar-refractivity contribution is 6.06. The fourth-order valence-electron chi connectivity index (χ4n) is 2.43. The Labute approximate surface area is 141 Å². The van der Waals surface area contributed by atoms with Gasteiger partial charge in [0.05, 0.1) is 0 Å². The lowest BCUT2D eigenvalue weighted by atomic mass is 10.1. The van der Waals surface area contributed by atoms with E-state index in [1.807, 2.05) is 61.5 Å². The van der Waals surface area contributed by atoms with Crippen molar-refractivity contribution in [3.63, 3.8) is 0 Å². The number of hydrogen-bond acceptors (Lipinski definition) is 4. The number of carbonyl (C=O) groups excluding carboxylic acids is 1. The summed E-state index contributed by atoms with van der Waals surface area (Å²) in [6.45, 7) is 2.56. The number of para-hydroxylation sites is 1. The molecule has 1 heterocycles. The van der Waals surface area contributed by atoms with E-state index in [4.69, 9.17) is 0 Å². The van der Waals surface area contributed by atoms with Gasteiger partial charge < -0.3 is 10.2 Å². The fourth-order valence-corrected chi connectivity index (χ4v) is 2.43. The van der Waals surface area contributed by atoms with Crippen molar-refractivity contribution in [3.05, 3.63) is 78.6 Å². The van der Waals surface area contributed by atoms with Crippen molar-refractivity contribution in [1.29, 1.82) is 0 Å². The number of rotatable bonds is 5. The number of aromatic nitrogens is 2. The van der Waals surface area contributed by atoms with E-state index in [-0.39, 0.29) is 5.91 Å². The first kappa shape index (κ1) is 15.7. The van der Waals surface area contributed by atoms with Crippen molar-refractivity contribution in [1.82, 2.24) is 9.97 Å². The van der Waals surface area contributed by atoms with Crippen LogP contribution in [0.25, 0.3) is 0 Å². The quantitative estimate of drug-likeness (QED) is 0.775. The number of nitrogens with one attached hydrogen (secondary N) is 1. The van der Waals surface area contributed by atoms with Crippen molar-refractivity contribution in [2.24, 2.45) is 0 Å². The van der Waals surface area contributed by atoms with Crippen LogP contribution in [0, 0.1) is 0 Å². The average Bonchev–Trinajstić information content (AvgIpc) is 2.64. The maximum Gasteiger partial charge on any atom is 0.258 e. The van der Waals surface area contributed by atoms with Crippen LogP contribution in [0.15, 0.2) is 73.1 Å². The van der Waals surface area contributed by atoms with Gasteiger partial charge in [0.15, 0.2) is 0 Å². The van der Waals surface area contributed by atoms with E-state index in [9.17, 15) is 4.79 Å². The first-order chi connectivity index (χ1) is 11.8. The highest BCUT2D eigenvalue weighted by Gasteiger charge is 2.16. The second-order valence-corrected chi connectivity index (χ2v) is 5.16. The second kappa shape index (κ2) is 7.37. The molecule has 0 spiro atoms. The Morgan fingerprint density at radius 1 is 1.00 bits per heavy atom. The summed E-state index contributed by atoms with van der Waals surface area (Å²) in [7, 11) is 0. The third-order valence-electron chi connectivity index (χ3n) is 3.56. The van der Waals surface area contributed by atoms with Gasteiger partial charge in [0.25, 0.3) is 5.91 Å². The van der Waals surface area contributed by atoms with Gasteiger partial charge in [-0.3, -0.25) is 4.79 Å². The third-order valence-corrected chi connectivity index (χ3v) is 3.56. The van der Waals surface area contributed by atoms with E-state index in [0.717, 1.165) is 11.4 Å². The third kappa shape index (κ3) is 3.57. The van der Waals surface area contributed by atoms with Crippen molar-refractivity contribution < 1.29 is 4.79 Å². The molecule has 5 nitrogen and oxygen atoms in total. The van der Waals surface area contributed by atoms with Crippen LogP contribution in [-0.4, -0.2) is 22.4 Å². The zero-order chi connectivity index (χ0) is 16.8. The molecule has 120 valence electrons. The van der Waals surface area contributed by atoms with Gasteiger partial charge in [-0.05, 0) is 43.3 Å². The van der Waals surface area contributed by atoms with Crippen LogP contribution in [0.2, 0.25) is 0 Å². The highest BCUT2D eigenvalue weighted by Crippen LogP contribution is 2.19. The van der Waals surface area contributed by atoms with E-state index in [0.29, 0.717) is 18.1 Å². The van der Waals surface area contributed by atoms with E-state index in [1.54, 1.807) is 23.4 Å². The van der Waals surface area contributed by atoms with Crippen LogP contribution in [0.1, 0.15) is 17.3 Å². The lowest BCUT2D eigenvalue weighted by Gasteiger charge is -2.21. The van der Waals surface area contributed by atoms with Gasteiger partial charge in [-0.25, -0.2) is 9.97 Å². The highest BCUT2D eigenvalue weighted by atomic mass is 16.2. The Morgan fingerprint density at radius 3 is 2.46 bits per heavy atom. The number of hydrogen-bond donors (Lipinski definition) is 1. The number of benzene rings is 2. The lowest BCUT2D eigenvalue weighted by Crippen LogP contribution is -2.30. The summed E-state index contributed by atoms with van der Waals surface area (Å²) in [5.74, 6) is 0.457. The summed E-state index contributed by atoms with van der Waals surface area (Å²) in [5, 5.41) is 3.10. The molecule has 3 aromatic rings. The molecule has 1 aromatic heterocycles. The van der Waals surface area contributed by atoms with Gasteiger partial charge in [-0.15, -0.1) is 0 Å². The van der Waals surface area contributed by atoms with E-state index < -0.39 is 0 Å². The van der Waals surface area contributed by atoms with E-state index in [1.165, 1.54) is 0 Å². The molecule has 5 heteroatoms. The molecule has 0 aliphatic rings. The predicted octanol–water partition coefficient (Wildman–Crippen LogP) is 3.89. The number of carbonyl (C=O) groups is 1. The summed E-state index contributed by atoms with van der Waals surface area (Å²) in [5.41, 5.74) is 2.27. The summed E-state index contributed by atoms with van der Waals surface area (Å²) in [6.07, 6.45) is 3.33. The Hall–Kier alpha value is -3.21. The summed E-state index contributed by atoms with van der Waals surface area (Å²) >= 11 is 0. The predicted molar refractivity (Wildman–Crippen MR) is 95.5 cm³/mol. The largest absolute Gasteiger partial charge is 0.324 e. The van der Waals surface area contributed by atoms with Crippen LogP contribution in [-0.2, 0) is 0 Å². The van der Waals surface area contributed by atoms with Gasteiger partial charge in [-0.2, -0.15) is 0 Å². The fraction of sp³-hybridized carbons (Fsp3) is 0.105. The molecule has 0 unspecified atom stereocenters. The summed E-state index contributed by atoms with van der Waals surface area (Å²) < 4.78 is 0. The molecule has 0 radical (unpaired) electrons. The maximum absolute atomic E-state index is 12.8. The number of nitrogens with zero attached hydrogens (tertiary/aromatic N) is 3. The molecule has 0 atom stereocenters. The lowest BCUT2D eigenvalue weighted by molar-refractivity contribution is 0.0988. The second-order valence-electron chi connectivity index (χ2n) is 5.16. The van der Waals surface area contributed by atoms with E-state index in [2.05, 4.69) is 15.3 Å². The van der Waals surface area contributed by atoms with Gasteiger partial charge in [0, 0.05) is 35.9 Å².